The lowest BCUT2D eigenvalue weighted by atomic mass is 9.98. The molecule has 0 bridgehead atoms. The van der Waals surface area contributed by atoms with Crippen LogP contribution in [0.15, 0.2) is 174 Å². The first kappa shape index (κ1) is 27.9. The van der Waals surface area contributed by atoms with Crippen molar-refractivity contribution in [3.05, 3.63) is 170 Å². The van der Waals surface area contributed by atoms with Gasteiger partial charge in [-0.3, -0.25) is 9.55 Å². The lowest BCUT2D eigenvalue weighted by molar-refractivity contribution is 0.671. The van der Waals surface area contributed by atoms with Crippen LogP contribution in [0.5, 0.6) is 0 Å². The van der Waals surface area contributed by atoms with Crippen LogP contribution in [0.25, 0.3) is 99.6 Å². The summed E-state index contributed by atoms with van der Waals surface area (Å²) in [4.78, 5) is 9.95. The van der Waals surface area contributed by atoms with Crippen molar-refractivity contribution in [1.82, 2.24) is 19.1 Å². The molecule has 0 atom stereocenters. The third-order valence-corrected chi connectivity index (χ3v) is 10.2. The monoisotopic (exact) mass is 652 g/mol. The van der Waals surface area contributed by atoms with E-state index in [2.05, 4.69) is 143 Å². The molecule has 5 heteroatoms. The van der Waals surface area contributed by atoms with Gasteiger partial charge < -0.3 is 8.98 Å². The zero-order valence-electron chi connectivity index (χ0n) is 27.4. The van der Waals surface area contributed by atoms with Crippen molar-refractivity contribution in [2.45, 2.75) is 0 Å². The molecule has 11 aromatic rings. The molecule has 4 aromatic heterocycles. The Morgan fingerprint density at radius 2 is 1.25 bits per heavy atom. The maximum Gasteiger partial charge on any atom is 0.160 e. The first-order valence-electron chi connectivity index (χ1n) is 17.2. The van der Waals surface area contributed by atoms with Crippen LogP contribution in [-0.2, 0) is 0 Å². The molecule has 7 aromatic carbocycles. The largest absolute Gasteiger partial charge is 0.454 e. The lowest BCUT2D eigenvalue weighted by Gasteiger charge is -2.12. The number of fused-ring (bicyclic) bond motifs is 10. The van der Waals surface area contributed by atoms with E-state index in [0.29, 0.717) is 0 Å². The molecule has 0 amide bonds. The van der Waals surface area contributed by atoms with Crippen LogP contribution in [0.2, 0.25) is 0 Å². The predicted octanol–water partition coefficient (Wildman–Crippen LogP) is 11.9. The molecular formula is C46H28N4O. The van der Waals surface area contributed by atoms with Gasteiger partial charge in [-0.05, 0) is 89.6 Å². The topological polar surface area (TPSA) is 48.8 Å². The summed E-state index contributed by atoms with van der Waals surface area (Å²) < 4.78 is 11.5. The van der Waals surface area contributed by atoms with Crippen LogP contribution in [-0.4, -0.2) is 19.1 Å². The number of benzene rings is 7. The molecule has 0 aliphatic rings. The third-order valence-electron chi connectivity index (χ3n) is 10.2. The Hall–Kier alpha value is -6.98. The van der Waals surface area contributed by atoms with Gasteiger partial charge in [0.05, 0.1) is 27.8 Å². The molecule has 4 heterocycles. The van der Waals surface area contributed by atoms with E-state index in [4.69, 9.17) is 14.4 Å². The van der Waals surface area contributed by atoms with E-state index in [1.54, 1.807) is 0 Å². The molecule has 238 valence electrons. The first-order chi connectivity index (χ1) is 25.3. The Bertz CT molecular complexity index is 3120. The van der Waals surface area contributed by atoms with E-state index < -0.39 is 0 Å². The highest BCUT2D eigenvalue weighted by Gasteiger charge is 2.24. The SMILES string of the molecule is c1ccc(-n2c(-c3ccc(-n4c5ccc6ccccc6c5c5cc(-c6ccccn6)c6c7ccccc7oc6c54)cc3)nc3ccccc32)cc1. The standard InChI is InChI=1S/C46H28N4O/c1-2-13-31(14-3-1)50-39-19-8-7-18-38(39)48-46(50)30-21-24-32(25-22-30)49-40-26-23-29-12-4-5-15-33(29)42(40)36-28-35(37-17-10-11-27-47-37)43-34-16-6-9-20-41(34)51-45(43)44(36)49/h1-28H. The summed E-state index contributed by atoms with van der Waals surface area (Å²) in [6, 6.07) is 57.4. The molecule has 0 saturated heterocycles. The summed E-state index contributed by atoms with van der Waals surface area (Å²) in [6.45, 7) is 0. The molecule has 0 N–H and O–H groups in total. The predicted molar refractivity (Wildman–Crippen MR) is 209 cm³/mol. The Morgan fingerprint density at radius 1 is 0.510 bits per heavy atom. The van der Waals surface area contributed by atoms with Crippen LogP contribution < -0.4 is 0 Å². The van der Waals surface area contributed by atoms with Crippen molar-refractivity contribution in [1.29, 1.82) is 0 Å². The fourth-order valence-electron chi connectivity index (χ4n) is 7.96. The Kier molecular flexibility index (Phi) is 5.89. The normalized spacial score (nSPS) is 11.9. The van der Waals surface area contributed by atoms with Gasteiger partial charge in [-0.25, -0.2) is 4.98 Å². The van der Waals surface area contributed by atoms with Crippen LogP contribution in [0.3, 0.4) is 0 Å². The maximum atomic E-state index is 6.86. The van der Waals surface area contributed by atoms with E-state index in [1.165, 1.54) is 16.2 Å². The van der Waals surface area contributed by atoms with Crippen LogP contribution in [0.4, 0.5) is 0 Å². The molecule has 0 saturated carbocycles. The second kappa shape index (κ2) is 10.8. The number of hydrogen-bond acceptors (Lipinski definition) is 3. The Morgan fingerprint density at radius 3 is 2.12 bits per heavy atom. The van der Waals surface area contributed by atoms with Gasteiger partial charge in [0.2, 0.25) is 0 Å². The van der Waals surface area contributed by atoms with Crippen molar-refractivity contribution in [2.75, 3.05) is 0 Å². The Labute approximate surface area is 292 Å². The minimum Gasteiger partial charge on any atom is -0.454 e. The van der Waals surface area contributed by atoms with Crippen LogP contribution >= 0.6 is 0 Å². The fourth-order valence-corrected chi connectivity index (χ4v) is 7.96. The van der Waals surface area contributed by atoms with Gasteiger partial charge in [0.15, 0.2) is 5.58 Å². The average Bonchev–Trinajstić information content (AvgIpc) is 3.88. The highest BCUT2D eigenvalue weighted by Crippen LogP contribution is 2.46. The lowest BCUT2D eigenvalue weighted by Crippen LogP contribution is -1.98. The minimum atomic E-state index is 0.851. The van der Waals surface area contributed by atoms with Gasteiger partial charge in [0.1, 0.15) is 11.4 Å². The molecule has 5 nitrogen and oxygen atoms in total. The molecule has 0 aliphatic carbocycles. The number of hydrogen-bond donors (Lipinski definition) is 0. The molecular weight excluding hydrogens is 625 g/mol. The highest BCUT2D eigenvalue weighted by atomic mass is 16.3. The second-order valence-electron chi connectivity index (χ2n) is 13.0. The zero-order valence-corrected chi connectivity index (χ0v) is 27.4. The van der Waals surface area contributed by atoms with Gasteiger partial charge in [0, 0.05) is 50.2 Å². The van der Waals surface area contributed by atoms with Crippen molar-refractivity contribution in [3.63, 3.8) is 0 Å². The molecule has 0 unspecified atom stereocenters. The van der Waals surface area contributed by atoms with Crippen LogP contribution in [0, 0.1) is 0 Å². The summed E-state index contributed by atoms with van der Waals surface area (Å²) in [5, 5.41) is 6.87. The summed E-state index contributed by atoms with van der Waals surface area (Å²) in [5.74, 6) is 0.904. The molecule has 0 spiro atoms. The Balaban J connectivity index is 1.22. The van der Waals surface area contributed by atoms with Gasteiger partial charge in [-0.15, -0.1) is 0 Å². The van der Waals surface area contributed by atoms with Crippen LogP contribution in [0.1, 0.15) is 0 Å². The molecule has 0 aliphatic heterocycles. The minimum absolute atomic E-state index is 0.851. The quantitative estimate of drug-likeness (QED) is 0.190. The van der Waals surface area contributed by atoms with E-state index in [0.717, 1.165) is 83.4 Å². The second-order valence-corrected chi connectivity index (χ2v) is 13.0. The van der Waals surface area contributed by atoms with Gasteiger partial charge in [-0.2, -0.15) is 0 Å². The number of aromatic nitrogens is 4. The van der Waals surface area contributed by atoms with E-state index in [9.17, 15) is 0 Å². The average molecular weight is 653 g/mol. The van der Waals surface area contributed by atoms with Crippen molar-refractivity contribution in [3.8, 4) is 34.0 Å². The number of furan rings is 1. The van der Waals surface area contributed by atoms with Crippen molar-refractivity contribution < 1.29 is 4.42 Å². The van der Waals surface area contributed by atoms with Crippen molar-refractivity contribution >= 4 is 65.6 Å². The van der Waals surface area contributed by atoms with Gasteiger partial charge >= 0.3 is 0 Å². The molecule has 51 heavy (non-hydrogen) atoms. The summed E-state index contributed by atoms with van der Waals surface area (Å²) in [5.41, 5.74) is 11.0. The first-order valence-corrected chi connectivity index (χ1v) is 17.2. The maximum absolute atomic E-state index is 6.86. The van der Waals surface area contributed by atoms with Gasteiger partial charge in [0.25, 0.3) is 0 Å². The number of rotatable bonds is 4. The third kappa shape index (κ3) is 4.09. The molecule has 11 rings (SSSR count). The molecule has 0 fully saturated rings. The number of nitrogens with zero attached hydrogens (tertiary/aromatic N) is 4. The summed E-state index contributed by atoms with van der Waals surface area (Å²) in [7, 11) is 0. The summed E-state index contributed by atoms with van der Waals surface area (Å²) in [6.07, 6.45) is 1.86. The zero-order chi connectivity index (χ0) is 33.5. The number of pyridine rings is 1. The molecule has 0 radical (unpaired) electrons. The van der Waals surface area contributed by atoms with E-state index in [1.807, 2.05) is 36.5 Å². The van der Waals surface area contributed by atoms with Gasteiger partial charge in [-0.1, -0.05) is 84.9 Å². The number of imidazole rings is 1. The summed E-state index contributed by atoms with van der Waals surface area (Å²) >= 11 is 0. The smallest absolute Gasteiger partial charge is 0.160 e. The highest BCUT2D eigenvalue weighted by molar-refractivity contribution is 6.29. The van der Waals surface area contributed by atoms with Crippen molar-refractivity contribution in [2.24, 2.45) is 0 Å². The van der Waals surface area contributed by atoms with E-state index in [-0.39, 0.29) is 0 Å². The van der Waals surface area contributed by atoms with E-state index >= 15 is 0 Å². The number of para-hydroxylation sites is 4. The fraction of sp³-hybridized carbons (Fsp3) is 0.